The summed E-state index contributed by atoms with van der Waals surface area (Å²) in [4.78, 5) is 29.8. The van der Waals surface area contributed by atoms with E-state index in [-0.39, 0.29) is 5.56 Å². The molecule has 5 heteroatoms. The maximum atomic E-state index is 11.3. The van der Waals surface area contributed by atoms with Crippen molar-refractivity contribution in [3.8, 4) is 0 Å². The minimum atomic E-state index is -0.442. The van der Waals surface area contributed by atoms with Crippen molar-refractivity contribution in [2.45, 2.75) is 32.0 Å². The van der Waals surface area contributed by atoms with Crippen LogP contribution in [0, 0.1) is 0 Å². The van der Waals surface area contributed by atoms with Crippen LogP contribution in [0.3, 0.4) is 0 Å². The third kappa shape index (κ3) is 3.24. The van der Waals surface area contributed by atoms with Gasteiger partial charge in [-0.05, 0) is 18.4 Å². The lowest BCUT2D eigenvalue weighted by atomic mass is 10.2. The third-order valence-electron chi connectivity index (χ3n) is 3.48. The molecule has 0 saturated heterocycles. The Labute approximate surface area is 116 Å². The second-order valence-corrected chi connectivity index (χ2v) is 5.23. The van der Waals surface area contributed by atoms with E-state index in [0.717, 1.165) is 6.54 Å². The molecule has 0 aliphatic heterocycles. The molecule has 1 aliphatic carbocycles. The van der Waals surface area contributed by atoms with Gasteiger partial charge in [0.1, 0.15) is 0 Å². The molecule has 2 N–H and O–H groups in total. The van der Waals surface area contributed by atoms with Crippen molar-refractivity contribution in [2.75, 3.05) is 0 Å². The zero-order chi connectivity index (χ0) is 13.9. The highest BCUT2D eigenvalue weighted by atomic mass is 16.2. The second kappa shape index (κ2) is 5.46. The Morgan fingerprint density at radius 3 is 2.45 bits per heavy atom. The maximum Gasteiger partial charge on any atom is 0.325 e. The van der Waals surface area contributed by atoms with Gasteiger partial charge in [0.05, 0.1) is 0 Å². The van der Waals surface area contributed by atoms with Crippen molar-refractivity contribution in [3.63, 3.8) is 0 Å². The molecule has 0 radical (unpaired) electrons. The summed E-state index contributed by atoms with van der Waals surface area (Å²) in [6, 6.07) is 12.2. The molecule has 1 heterocycles. The Kier molecular flexibility index (Phi) is 3.52. The second-order valence-electron chi connectivity index (χ2n) is 5.23. The van der Waals surface area contributed by atoms with Crippen molar-refractivity contribution >= 4 is 0 Å². The van der Waals surface area contributed by atoms with E-state index in [4.69, 9.17) is 0 Å². The lowest BCUT2D eigenvalue weighted by Crippen LogP contribution is -2.29. The van der Waals surface area contributed by atoms with E-state index in [9.17, 15) is 9.59 Å². The van der Waals surface area contributed by atoms with Crippen molar-refractivity contribution in [3.05, 3.63) is 68.5 Å². The first-order valence-corrected chi connectivity index (χ1v) is 6.81. The summed E-state index contributed by atoms with van der Waals surface area (Å²) >= 11 is 0. The summed E-state index contributed by atoms with van der Waals surface area (Å²) in [6.07, 6.45) is 2.36. The number of nitrogens with zero attached hydrogens (tertiary/aromatic N) is 1. The summed E-state index contributed by atoms with van der Waals surface area (Å²) < 4.78 is 0. The fraction of sp³-hybridized carbons (Fsp3) is 0.333. The molecule has 104 valence electrons. The Balaban J connectivity index is 1.77. The van der Waals surface area contributed by atoms with Crippen LogP contribution in [0.2, 0.25) is 0 Å². The maximum absolute atomic E-state index is 11.3. The fourth-order valence-electron chi connectivity index (χ4n) is 2.40. The first-order valence-electron chi connectivity index (χ1n) is 6.81. The highest BCUT2D eigenvalue weighted by molar-refractivity contribution is 5.15. The van der Waals surface area contributed by atoms with Gasteiger partial charge in [-0.3, -0.25) is 14.7 Å². The van der Waals surface area contributed by atoms with Crippen molar-refractivity contribution in [1.82, 2.24) is 14.9 Å². The van der Waals surface area contributed by atoms with Crippen LogP contribution in [0.5, 0.6) is 0 Å². The largest absolute Gasteiger partial charge is 0.325 e. The van der Waals surface area contributed by atoms with Gasteiger partial charge in [-0.15, -0.1) is 0 Å². The summed E-state index contributed by atoms with van der Waals surface area (Å²) in [5.41, 5.74) is 1.12. The number of hydrogen-bond donors (Lipinski definition) is 2. The highest BCUT2D eigenvalue weighted by Crippen LogP contribution is 2.29. The Bertz CT molecular complexity index is 658. The number of aromatic nitrogens is 2. The summed E-state index contributed by atoms with van der Waals surface area (Å²) in [5.74, 6) is 0. The topological polar surface area (TPSA) is 69.0 Å². The lowest BCUT2D eigenvalue weighted by Gasteiger charge is -2.21. The lowest BCUT2D eigenvalue weighted by molar-refractivity contribution is 0.242. The molecule has 1 aliphatic rings. The molecule has 0 bridgehead atoms. The fourth-order valence-corrected chi connectivity index (χ4v) is 2.40. The quantitative estimate of drug-likeness (QED) is 0.859. The van der Waals surface area contributed by atoms with Crippen LogP contribution in [-0.4, -0.2) is 20.9 Å². The van der Waals surface area contributed by atoms with Crippen LogP contribution in [0.15, 0.2) is 46.0 Å². The summed E-state index contributed by atoms with van der Waals surface area (Å²) in [5, 5.41) is 0. The van der Waals surface area contributed by atoms with Gasteiger partial charge in [-0.2, -0.15) is 0 Å². The van der Waals surface area contributed by atoms with E-state index >= 15 is 0 Å². The highest BCUT2D eigenvalue weighted by Gasteiger charge is 2.29. The van der Waals surface area contributed by atoms with Crippen molar-refractivity contribution in [2.24, 2.45) is 0 Å². The van der Waals surface area contributed by atoms with Gasteiger partial charge in [-0.1, -0.05) is 30.3 Å². The minimum Gasteiger partial charge on any atom is -0.310 e. The summed E-state index contributed by atoms with van der Waals surface area (Å²) in [7, 11) is 0. The van der Waals surface area contributed by atoms with Crippen molar-refractivity contribution < 1.29 is 0 Å². The van der Waals surface area contributed by atoms with Gasteiger partial charge in [-0.25, -0.2) is 4.79 Å². The number of H-pyrrole nitrogens is 2. The molecule has 5 nitrogen and oxygen atoms in total. The van der Waals surface area contributed by atoms with Gasteiger partial charge < -0.3 is 4.98 Å². The molecule has 20 heavy (non-hydrogen) atoms. The number of hydrogen-bond acceptors (Lipinski definition) is 3. The average Bonchev–Trinajstić information content (AvgIpc) is 3.22. The standard InChI is InChI=1S/C15H17N3O2/c19-14-8-12(16-15(20)17-14)10-18(13-6-7-13)9-11-4-2-1-3-5-11/h1-5,8,13H,6-7,9-10H2,(H2,16,17,19,20). The van der Waals surface area contributed by atoms with Gasteiger partial charge in [0.25, 0.3) is 5.56 Å². The van der Waals surface area contributed by atoms with E-state index in [0.29, 0.717) is 18.3 Å². The molecular weight excluding hydrogens is 254 g/mol. The number of benzene rings is 1. The van der Waals surface area contributed by atoms with E-state index in [1.807, 2.05) is 18.2 Å². The Morgan fingerprint density at radius 2 is 1.80 bits per heavy atom. The molecule has 3 rings (SSSR count). The SMILES string of the molecule is O=c1cc(CN(Cc2ccccc2)C2CC2)[nH]c(=O)[nH]1. The Hall–Kier alpha value is -2.14. The molecule has 1 fully saturated rings. The summed E-state index contributed by atoms with van der Waals surface area (Å²) in [6.45, 7) is 1.43. The smallest absolute Gasteiger partial charge is 0.310 e. The monoisotopic (exact) mass is 271 g/mol. The van der Waals surface area contributed by atoms with Crippen LogP contribution in [0.1, 0.15) is 24.1 Å². The molecule has 0 atom stereocenters. The zero-order valence-electron chi connectivity index (χ0n) is 11.1. The molecule has 0 unspecified atom stereocenters. The molecule has 1 aromatic heterocycles. The van der Waals surface area contributed by atoms with Crippen LogP contribution in [0.25, 0.3) is 0 Å². The van der Waals surface area contributed by atoms with Gasteiger partial charge in [0.2, 0.25) is 0 Å². The van der Waals surface area contributed by atoms with E-state index < -0.39 is 5.69 Å². The zero-order valence-corrected chi connectivity index (χ0v) is 11.1. The van der Waals surface area contributed by atoms with E-state index in [1.165, 1.54) is 24.5 Å². The molecule has 2 aromatic rings. The number of aromatic amines is 2. The average molecular weight is 271 g/mol. The van der Waals surface area contributed by atoms with Gasteiger partial charge in [0, 0.05) is 30.9 Å². The molecule has 1 aromatic carbocycles. The normalized spacial score (nSPS) is 14.7. The predicted octanol–water partition coefficient (Wildman–Crippen LogP) is 1.23. The van der Waals surface area contributed by atoms with Crippen LogP contribution in [0.4, 0.5) is 0 Å². The Morgan fingerprint density at radius 1 is 1.05 bits per heavy atom. The van der Waals surface area contributed by atoms with Crippen LogP contribution in [-0.2, 0) is 13.1 Å². The van der Waals surface area contributed by atoms with Gasteiger partial charge >= 0.3 is 5.69 Å². The van der Waals surface area contributed by atoms with Gasteiger partial charge in [0.15, 0.2) is 0 Å². The molecule has 0 spiro atoms. The van der Waals surface area contributed by atoms with Crippen molar-refractivity contribution in [1.29, 1.82) is 0 Å². The van der Waals surface area contributed by atoms with E-state index in [2.05, 4.69) is 27.0 Å². The molecule has 1 saturated carbocycles. The molecule has 0 amide bonds. The third-order valence-corrected chi connectivity index (χ3v) is 3.48. The first kappa shape index (κ1) is 12.9. The molecular formula is C15H17N3O2. The van der Waals surface area contributed by atoms with Crippen LogP contribution < -0.4 is 11.2 Å². The minimum absolute atomic E-state index is 0.348. The first-order chi connectivity index (χ1) is 9.70. The van der Waals surface area contributed by atoms with Crippen LogP contribution >= 0.6 is 0 Å². The number of rotatable bonds is 5. The van der Waals surface area contributed by atoms with E-state index in [1.54, 1.807) is 0 Å². The number of nitrogens with one attached hydrogen (secondary N) is 2. The predicted molar refractivity (Wildman–Crippen MR) is 76.4 cm³/mol.